The van der Waals surface area contributed by atoms with Crippen molar-refractivity contribution >= 4 is 17.5 Å². The second-order valence-electron chi connectivity index (χ2n) is 10.3. The van der Waals surface area contributed by atoms with Crippen molar-refractivity contribution < 1.29 is 4.79 Å². The zero-order chi connectivity index (χ0) is 23.2. The number of carbonyl (C=O) groups excluding carboxylic acids is 1. The number of amides is 1. The molecule has 0 bridgehead atoms. The molecule has 2 aliphatic heterocycles. The predicted octanol–water partition coefficient (Wildman–Crippen LogP) is 3.83. The van der Waals surface area contributed by atoms with Crippen LogP contribution in [0.3, 0.4) is 0 Å². The number of carbonyl (C=O) groups is 1. The number of aromatic nitrogens is 2. The normalized spacial score (nSPS) is 21.9. The van der Waals surface area contributed by atoms with E-state index in [1.807, 2.05) is 0 Å². The van der Waals surface area contributed by atoms with Gasteiger partial charge in [0, 0.05) is 57.3 Å². The van der Waals surface area contributed by atoms with E-state index in [4.69, 9.17) is 0 Å². The molecule has 3 heterocycles. The van der Waals surface area contributed by atoms with Crippen LogP contribution in [0.15, 0.2) is 42.7 Å². The Labute approximate surface area is 203 Å². The Hall–Kier alpha value is -2.67. The summed E-state index contributed by atoms with van der Waals surface area (Å²) in [6.45, 7) is 5.11. The van der Waals surface area contributed by atoms with Crippen LogP contribution >= 0.6 is 0 Å². The quantitative estimate of drug-likeness (QED) is 0.590. The standard InChI is InChI=1S/C27H38N6O/c34-27(31-24-12-15-32(16-13-24)18-21-5-2-1-3-6-21)11-8-22-7-4-14-33(19-22)26-17-25(28-20-29-26)30-23-9-10-23/h1-3,5-6,17,20,22-24H,4,7-16,18-19H2,(H,31,34)(H,28,29,30)/t22-/m1/s1. The Morgan fingerprint density at radius 2 is 1.79 bits per heavy atom. The molecule has 0 radical (unpaired) electrons. The highest BCUT2D eigenvalue weighted by Gasteiger charge is 2.25. The summed E-state index contributed by atoms with van der Waals surface area (Å²) in [7, 11) is 0. The van der Waals surface area contributed by atoms with E-state index in [0.29, 0.717) is 24.4 Å². The van der Waals surface area contributed by atoms with Crippen LogP contribution in [-0.4, -0.2) is 59.0 Å². The lowest BCUT2D eigenvalue weighted by Gasteiger charge is -2.34. The van der Waals surface area contributed by atoms with Crippen LogP contribution in [0.1, 0.15) is 56.9 Å². The van der Waals surface area contributed by atoms with Crippen molar-refractivity contribution in [1.82, 2.24) is 20.2 Å². The number of anilines is 2. The van der Waals surface area contributed by atoms with E-state index in [9.17, 15) is 4.79 Å². The number of rotatable bonds is 9. The first kappa shape index (κ1) is 23.1. The van der Waals surface area contributed by atoms with E-state index >= 15 is 0 Å². The van der Waals surface area contributed by atoms with Crippen LogP contribution in [0.5, 0.6) is 0 Å². The third-order valence-electron chi connectivity index (χ3n) is 7.41. The molecule has 7 nitrogen and oxygen atoms in total. The molecule has 1 atom stereocenters. The number of benzene rings is 1. The Kier molecular flexibility index (Phi) is 7.59. The van der Waals surface area contributed by atoms with E-state index in [-0.39, 0.29) is 5.91 Å². The molecule has 7 heteroatoms. The van der Waals surface area contributed by atoms with Gasteiger partial charge in [-0.05, 0) is 56.4 Å². The van der Waals surface area contributed by atoms with Gasteiger partial charge in [0.1, 0.15) is 18.0 Å². The molecule has 3 fully saturated rings. The van der Waals surface area contributed by atoms with Crippen LogP contribution in [0.25, 0.3) is 0 Å². The maximum Gasteiger partial charge on any atom is 0.220 e. The topological polar surface area (TPSA) is 73.4 Å². The van der Waals surface area contributed by atoms with Gasteiger partial charge in [-0.2, -0.15) is 0 Å². The van der Waals surface area contributed by atoms with Gasteiger partial charge in [-0.3, -0.25) is 9.69 Å². The molecular formula is C27H38N6O. The van der Waals surface area contributed by atoms with E-state index in [1.54, 1.807) is 6.33 Å². The summed E-state index contributed by atoms with van der Waals surface area (Å²) >= 11 is 0. The molecule has 5 rings (SSSR count). The summed E-state index contributed by atoms with van der Waals surface area (Å²) in [6, 6.07) is 13.6. The Balaban J connectivity index is 1.02. The van der Waals surface area contributed by atoms with Crippen LogP contribution in [0.4, 0.5) is 11.6 Å². The highest BCUT2D eigenvalue weighted by Crippen LogP contribution is 2.28. The fourth-order valence-corrected chi connectivity index (χ4v) is 5.26. The van der Waals surface area contributed by atoms with Gasteiger partial charge >= 0.3 is 0 Å². The first-order valence-corrected chi connectivity index (χ1v) is 13.1. The van der Waals surface area contributed by atoms with Crippen LogP contribution < -0.4 is 15.5 Å². The molecule has 2 aromatic rings. The first-order valence-electron chi connectivity index (χ1n) is 13.1. The third kappa shape index (κ3) is 6.69. The molecule has 1 aliphatic carbocycles. The minimum absolute atomic E-state index is 0.219. The molecule has 1 saturated carbocycles. The average molecular weight is 463 g/mol. The van der Waals surface area contributed by atoms with Crippen molar-refractivity contribution in [2.24, 2.45) is 5.92 Å². The number of piperidine rings is 2. The van der Waals surface area contributed by atoms with Gasteiger partial charge in [-0.15, -0.1) is 0 Å². The van der Waals surface area contributed by atoms with Crippen molar-refractivity contribution in [2.75, 3.05) is 36.4 Å². The van der Waals surface area contributed by atoms with Crippen molar-refractivity contribution in [3.8, 4) is 0 Å². The van der Waals surface area contributed by atoms with Gasteiger partial charge in [-0.25, -0.2) is 9.97 Å². The van der Waals surface area contributed by atoms with Gasteiger partial charge in [0.25, 0.3) is 0 Å². The minimum Gasteiger partial charge on any atom is -0.367 e. The number of hydrogen-bond donors (Lipinski definition) is 2. The molecule has 182 valence electrons. The lowest BCUT2D eigenvalue weighted by Crippen LogP contribution is -2.44. The lowest BCUT2D eigenvalue weighted by atomic mass is 9.93. The summed E-state index contributed by atoms with van der Waals surface area (Å²) in [5.74, 6) is 2.71. The fourth-order valence-electron chi connectivity index (χ4n) is 5.26. The Morgan fingerprint density at radius 1 is 0.971 bits per heavy atom. The van der Waals surface area contributed by atoms with E-state index in [1.165, 1.54) is 24.8 Å². The number of likely N-dealkylation sites (tertiary alicyclic amines) is 1. The molecule has 3 aliphatic rings. The summed E-state index contributed by atoms with van der Waals surface area (Å²) < 4.78 is 0. The highest BCUT2D eigenvalue weighted by atomic mass is 16.1. The molecule has 0 unspecified atom stereocenters. The highest BCUT2D eigenvalue weighted by molar-refractivity contribution is 5.76. The molecular weight excluding hydrogens is 424 g/mol. The second kappa shape index (κ2) is 11.2. The number of nitrogens with zero attached hydrogens (tertiary/aromatic N) is 4. The number of hydrogen-bond acceptors (Lipinski definition) is 6. The third-order valence-corrected chi connectivity index (χ3v) is 7.41. The summed E-state index contributed by atoms with van der Waals surface area (Å²) in [5.41, 5.74) is 1.36. The maximum atomic E-state index is 12.7. The van der Waals surface area contributed by atoms with Gasteiger partial charge < -0.3 is 15.5 Å². The minimum atomic E-state index is 0.219. The fraction of sp³-hybridized carbons (Fsp3) is 0.593. The Morgan fingerprint density at radius 3 is 2.59 bits per heavy atom. The second-order valence-corrected chi connectivity index (χ2v) is 10.3. The first-order chi connectivity index (χ1) is 16.7. The van der Waals surface area contributed by atoms with Crippen molar-refractivity contribution in [1.29, 1.82) is 0 Å². The van der Waals surface area contributed by atoms with Gasteiger partial charge in [0.15, 0.2) is 0 Å². The van der Waals surface area contributed by atoms with Gasteiger partial charge in [0.05, 0.1) is 0 Å². The van der Waals surface area contributed by atoms with E-state index in [0.717, 1.165) is 70.0 Å². The molecule has 34 heavy (non-hydrogen) atoms. The molecule has 2 N–H and O–H groups in total. The van der Waals surface area contributed by atoms with Gasteiger partial charge in [0.2, 0.25) is 5.91 Å². The number of nitrogens with one attached hydrogen (secondary N) is 2. The molecule has 1 amide bonds. The SMILES string of the molecule is O=C(CC[C@H]1CCCN(c2cc(NC3CC3)ncn2)C1)NC1CCN(Cc2ccccc2)CC1. The maximum absolute atomic E-state index is 12.7. The molecule has 1 aromatic carbocycles. The monoisotopic (exact) mass is 462 g/mol. The van der Waals surface area contributed by atoms with Crippen LogP contribution in [0.2, 0.25) is 0 Å². The Bertz CT molecular complexity index is 926. The smallest absolute Gasteiger partial charge is 0.220 e. The van der Waals surface area contributed by atoms with Crippen molar-refractivity contribution in [3.63, 3.8) is 0 Å². The lowest BCUT2D eigenvalue weighted by molar-refractivity contribution is -0.122. The predicted molar refractivity (Wildman–Crippen MR) is 136 cm³/mol. The average Bonchev–Trinajstić information content (AvgIpc) is 3.69. The van der Waals surface area contributed by atoms with Crippen molar-refractivity contribution in [3.05, 3.63) is 48.3 Å². The van der Waals surface area contributed by atoms with E-state index in [2.05, 4.69) is 66.8 Å². The zero-order valence-electron chi connectivity index (χ0n) is 20.2. The van der Waals surface area contributed by atoms with E-state index < -0.39 is 0 Å². The van der Waals surface area contributed by atoms with Gasteiger partial charge in [-0.1, -0.05) is 30.3 Å². The largest absolute Gasteiger partial charge is 0.367 e. The summed E-state index contributed by atoms with van der Waals surface area (Å²) in [5, 5.41) is 6.78. The van der Waals surface area contributed by atoms with Crippen LogP contribution in [-0.2, 0) is 11.3 Å². The van der Waals surface area contributed by atoms with Crippen molar-refractivity contribution in [2.45, 2.75) is 70.0 Å². The van der Waals surface area contributed by atoms with Crippen LogP contribution in [0, 0.1) is 5.92 Å². The summed E-state index contributed by atoms with van der Waals surface area (Å²) in [6.07, 6.45) is 10.2. The molecule has 0 spiro atoms. The summed E-state index contributed by atoms with van der Waals surface area (Å²) in [4.78, 5) is 26.4. The molecule has 2 saturated heterocycles. The molecule has 1 aromatic heterocycles. The zero-order valence-corrected chi connectivity index (χ0v) is 20.2.